The molecule has 0 atom stereocenters. The number of aromatic nitrogens is 2. The van der Waals surface area contributed by atoms with Crippen LogP contribution in [0.25, 0.3) is 0 Å². The zero-order chi connectivity index (χ0) is 13.8. The van der Waals surface area contributed by atoms with Crippen molar-refractivity contribution in [2.75, 3.05) is 23.3 Å². The molecule has 1 heterocycles. The van der Waals surface area contributed by atoms with Crippen molar-refractivity contribution in [1.29, 1.82) is 0 Å². The maximum absolute atomic E-state index is 13.9. The van der Waals surface area contributed by atoms with Crippen LogP contribution in [0.5, 0.6) is 0 Å². The van der Waals surface area contributed by atoms with Crippen molar-refractivity contribution in [3.05, 3.63) is 35.4 Å². The van der Waals surface area contributed by atoms with Crippen LogP contribution >= 0.6 is 11.6 Å². The van der Waals surface area contributed by atoms with Crippen LogP contribution in [0.2, 0.25) is 5.02 Å². The van der Waals surface area contributed by atoms with Gasteiger partial charge in [0.25, 0.3) is 0 Å². The summed E-state index contributed by atoms with van der Waals surface area (Å²) in [5.74, 6) is -0.613. The zero-order valence-electron chi connectivity index (χ0n) is 10.2. The minimum Gasteiger partial charge on any atom is -0.397 e. The van der Waals surface area contributed by atoms with Crippen LogP contribution in [0.15, 0.2) is 24.5 Å². The van der Waals surface area contributed by atoms with Crippen LogP contribution in [-0.2, 0) is 6.54 Å². The lowest BCUT2D eigenvalue weighted by Gasteiger charge is -2.12. The Balaban J connectivity index is 1.94. The third kappa shape index (κ3) is 3.08. The van der Waals surface area contributed by atoms with Gasteiger partial charge >= 0.3 is 0 Å². The van der Waals surface area contributed by atoms with Gasteiger partial charge in [0.05, 0.1) is 17.1 Å². The van der Waals surface area contributed by atoms with Crippen molar-refractivity contribution in [2.24, 2.45) is 0 Å². The first kappa shape index (κ1) is 13.5. The molecular weight excluding hydrogens is 269 g/mol. The molecule has 102 valence electrons. The van der Waals surface area contributed by atoms with Gasteiger partial charge in [-0.25, -0.2) is 4.39 Å². The van der Waals surface area contributed by atoms with Gasteiger partial charge in [-0.3, -0.25) is 4.68 Å². The van der Waals surface area contributed by atoms with Crippen molar-refractivity contribution in [3.8, 4) is 0 Å². The molecule has 5 nitrogen and oxygen atoms in total. The fourth-order valence-electron chi connectivity index (χ4n) is 1.73. The molecule has 0 aliphatic rings. The number of nitrogens with one attached hydrogen (secondary N) is 1. The Hall–Kier alpha value is -1.95. The molecule has 5 N–H and O–H groups in total. The Morgan fingerprint density at radius 1 is 1.37 bits per heavy atom. The van der Waals surface area contributed by atoms with Gasteiger partial charge in [0, 0.05) is 25.5 Å². The molecule has 0 spiro atoms. The molecule has 1 aromatic heterocycles. The fraction of sp³-hybridized carbons (Fsp3) is 0.250. The third-order valence-corrected chi connectivity index (χ3v) is 3.07. The molecule has 0 saturated heterocycles. The normalized spacial score (nSPS) is 10.6. The minimum absolute atomic E-state index is 0.108. The van der Waals surface area contributed by atoms with E-state index in [9.17, 15) is 4.39 Å². The van der Waals surface area contributed by atoms with Crippen molar-refractivity contribution in [1.82, 2.24) is 9.78 Å². The van der Waals surface area contributed by atoms with E-state index in [0.29, 0.717) is 6.54 Å². The highest BCUT2D eigenvalue weighted by atomic mass is 35.5. The minimum atomic E-state index is -0.613. The van der Waals surface area contributed by atoms with Gasteiger partial charge in [0.1, 0.15) is 5.02 Å². The number of hydrogen-bond donors (Lipinski definition) is 3. The summed E-state index contributed by atoms with van der Waals surface area (Å²) in [6.07, 6.45) is 4.36. The first-order valence-corrected chi connectivity index (χ1v) is 6.21. The highest BCUT2D eigenvalue weighted by Crippen LogP contribution is 2.33. The average Bonchev–Trinajstić information content (AvgIpc) is 2.88. The van der Waals surface area contributed by atoms with E-state index in [1.54, 1.807) is 10.9 Å². The predicted molar refractivity (Wildman–Crippen MR) is 75.6 cm³/mol. The Morgan fingerprint density at radius 3 is 2.84 bits per heavy atom. The summed E-state index contributed by atoms with van der Waals surface area (Å²) < 4.78 is 15.7. The lowest BCUT2D eigenvalue weighted by atomic mass is 10.2. The molecule has 0 bridgehead atoms. The summed E-state index contributed by atoms with van der Waals surface area (Å²) in [4.78, 5) is 0. The number of hydrogen-bond acceptors (Lipinski definition) is 4. The Bertz CT molecular complexity index is 556. The van der Waals surface area contributed by atoms with Gasteiger partial charge in [0.15, 0.2) is 5.82 Å². The molecule has 19 heavy (non-hydrogen) atoms. The monoisotopic (exact) mass is 283 g/mol. The molecule has 0 aliphatic carbocycles. The van der Waals surface area contributed by atoms with Crippen LogP contribution in [0.1, 0.15) is 6.42 Å². The number of anilines is 3. The van der Waals surface area contributed by atoms with Gasteiger partial charge < -0.3 is 16.8 Å². The molecule has 2 rings (SSSR count). The summed E-state index contributed by atoms with van der Waals surface area (Å²) in [5.41, 5.74) is 11.8. The molecule has 2 aromatic rings. The second kappa shape index (κ2) is 5.79. The molecule has 1 aromatic carbocycles. The van der Waals surface area contributed by atoms with Crippen molar-refractivity contribution < 1.29 is 4.39 Å². The van der Waals surface area contributed by atoms with E-state index in [1.165, 1.54) is 6.07 Å². The molecule has 0 fully saturated rings. The van der Waals surface area contributed by atoms with Crippen molar-refractivity contribution >= 4 is 28.7 Å². The van der Waals surface area contributed by atoms with Crippen LogP contribution in [0, 0.1) is 5.82 Å². The maximum Gasteiger partial charge on any atom is 0.169 e. The fourth-order valence-corrected chi connectivity index (χ4v) is 1.88. The number of aryl methyl sites for hydroxylation is 1. The lowest BCUT2D eigenvalue weighted by molar-refractivity contribution is 0.589. The number of nitrogens with zero attached hydrogens (tertiary/aromatic N) is 2. The molecule has 7 heteroatoms. The van der Waals surface area contributed by atoms with Crippen LogP contribution in [0.4, 0.5) is 21.5 Å². The van der Waals surface area contributed by atoms with E-state index in [-0.39, 0.29) is 22.1 Å². The third-order valence-electron chi connectivity index (χ3n) is 2.69. The number of halogens is 2. The largest absolute Gasteiger partial charge is 0.397 e. The SMILES string of the molecule is Nc1cc(N)c(NCCCn2cccn2)c(F)c1Cl. The number of rotatable bonds is 5. The maximum atomic E-state index is 13.9. The van der Waals surface area contributed by atoms with Gasteiger partial charge in [-0.05, 0) is 18.6 Å². The first-order chi connectivity index (χ1) is 9.09. The van der Waals surface area contributed by atoms with E-state index in [4.69, 9.17) is 23.1 Å². The number of nitrogen functional groups attached to an aromatic ring is 2. The van der Waals surface area contributed by atoms with Gasteiger partial charge in [-0.1, -0.05) is 11.6 Å². The van der Waals surface area contributed by atoms with E-state index < -0.39 is 5.82 Å². The molecule has 0 radical (unpaired) electrons. The Morgan fingerprint density at radius 2 is 2.16 bits per heavy atom. The predicted octanol–water partition coefficient (Wildman–Crippen LogP) is 2.34. The van der Waals surface area contributed by atoms with Crippen LogP contribution < -0.4 is 16.8 Å². The second-order valence-corrected chi connectivity index (χ2v) is 4.49. The zero-order valence-corrected chi connectivity index (χ0v) is 11.0. The van der Waals surface area contributed by atoms with E-state index in [1.807, 2.05) is 12.3 Å². The Labute approximate surface area is 115 Å². The van der Waals surface area contributed by atoms with Gasteiger partial charge in [-0.15, -0.1) is 0 Å². The average molecular weight is 284 g/mol. The van der Waals surface area contributed by atoms with E-state index in [0.717, 1.165) is 13.0 Å². The summed E-state index contributed by atoms with van der Waals surface area (Å²) >= 11 is 5.74. The topological polar surface area (TPSA) is 81.9 Å². The second-order valence-electron chi connectivity index (χ2n) is 4.11. The standard InChI is InChI=1S/C12H15ClFN5/c13-10-8(15)7-9(16)12(11(10)14)17-3-1-5-19-6-2-4-18-19/h2,4,6-7,17H,1,3,5,15-16H2. The van der Waals surface area contributed by atoms with E-state index in [2.05, 4.69) is 10.4 Å². The van der Waals surface area contributed by atoms with Gasteiger partial charge in [0.2, 0.25) is 0 Å². The molecule has 0 saturated carbocycles. The summed E-state index contributed by atoms with van der Waals surface area (Å²) in [5, 5.41) is 6.90. The van der Waals surface area contributed by atoms with Crippen LogP contribution in [-0.4, -0.2) is 16.3 Å². The number of nitrogens with two attached hydrogens (primary N) is 2. The molecule has 0 amide bonds. The van der Waals surface area contributed by atoms with Crippen molar-refractivity contribution in [2.45, 2.75) is 13.0 Å². The summed E-state index contributed by atoms with van der Waals surface area (Å²) in [6, 6.07) is 3.30. The quantitative estimate of drug-likeness (QED) is 0.581. The summed E-state index contributed by atoms with van der Waals surface area (Å²) in [6.45, 7) is 1.30. The van der Waals surface area contributed by atoms with Gasteiger partial charge in [-0.2, -0.15) is 5.10 Å². The molecular formula is C12H15ClFN5. The highest BCUT2D eigenvalue weighted by molar-refractivity contribution is 6.33. The van der Waals surface area contributed by atoms with Crippen LogP contribution in [0.3, 0.4) is 0 Å². The first-order valence-electron chi connectivity index (χ1n) is 5.84. The lowest BCUT2D eigenvalue weighted by Crippen LogP contribution is -2.10. The molecule has 0 aliphatic heterocycles. The smallest absolute Gasteiger partial charge is 0.169 e. The molecule has 0 unspecified atom stereocenters. The highest BCUT2D eigenvalue weighted by Gasteiger charge is 2.13. The number of benzene rings is 1. The van der Waals surface area contributed by atoms with E-state index >= 15 is 0 Å². The Kier molecular flexibility index (Phi) is 4.11. The summed E-state index contributed by atoms with van der Waals surface area (Å²) in [7, 11) is 0. The van der Waals surface area contributed by atoms with Crippen molar-refractivity contribution in [3.63, 3.8) is 0 Å².